The minimum atomic E-state index is -0.311. The standard InChI is InChI=1S/C21H21N3O3/c1-14-10-11-15-6-5-9-18(20(15)22-14)27-13-19(25)23-17-8-4-7-16(12-17)21(26)24(2)3/h4-12H,13H2,1-3H3,(H,23,25). The Kier molecular flexibility index (Phi) is 5.35. The summed E-state index contributed by atoms with van der Waals surface area (Å²) < 4.78 is 5.67. The molecular weight excluding hydrogens is 342 g/mol. The van der Waals surface area contributed by atoms with Gasteiger partial charge in [-0.3, -0.25) is 9.59 Å². The van der Waals surface area contributed by atoms with E-state index in [2.05, 4.69) is 10.3 Å². The third-order valence-corrected chi connectivity index (χ3v) is 3.98. The Bertz CT molecular complexity index is 999. The van der Waals surface area contributed by atoms with Gasteiger partial charge in [-0.05, 0) is 37.3 Å². The zero-order chi connectivity index (χ0) is 19.4. The number of fused-ring (bicyclic) bond motifs is 1. The van der Waals surface area contributed by atoms with Crippen LogP contribution in [0.2, 0.25) is 0 Å². The van der Waals surface area contributed by atoms with Gasteiger partial charge >= 0.3 is 0 Å². The molecule has 138 valence electrons. The zero-order valence-corrected chi connectivity index (χ0v) is 15.5. The van der Waals surface area contributed by atoms with Crippen LogP contribution in [-0.2, 0) is 4.79 Å². The molecule has 27 heavy (non-hydrogen) atoms. The van der Waals surface area contributed by atoms with Gasteiger partial charge in [0, 0.05) is 36.4 Å². The van der Waals surface area contributed by atoms with Crippen molar-refractivity contribution in [1.29, 1.82) is 0 Å². The van der Waals surface area contributed by atoms with Crippen LogP contribution < -0.4 is 10.1 Å². The van der Waals surface area contributed by atoms with Gasteiger partial charge in [-0.15, -0.1) is 0 Å². The number of ether oxygens (including phenoxy) is 1. The Morgan fingerprint density at radius 1 is 1.07 bits per heavy atom. The van der Waals surface area contributed by atoms with Gasteiger partial charge in [0.15, 0.2) is 6.61 Å². The first-order valence-corrected chi connectivity index (χ1v) is 8.55. The van der Waals surface area contributed by atoms with E-state index in [9.17, 15) is 9.59 Å². The van der Waals surface area contributed by atoms with Crippen molar-refractivity contribution < 1.29 is 14.3 Å². The summed E-state index contributed by atoms with van der Waals surface area (Å²) in [5.74, 6) is 0.122. The number of rotatable bonds is 5. The number of hydrogen-bond acceptors (Lipinski definition) is 4. The molecule has 0 aliphatic heterocycles. The van der Waals surface area contributed by atoms with Crippen LogP contribution in [0.5, 0.6) is 5.75 Å². The number of carbonyl (C=O) groups is 2. The SMILES string of the molecule is Cc1ccc2cccc(OCC(=O)Nc3cccc(C(=O)N(C)C)c3)c2n1. The van der Waals surface area contributed by atoms with E-state index in [4.69, 9.17) is 4.74 Å². The predicted molar refractivity (Wildman–Crippen MR) is 105 cm³/mol. The lowest BCUT2D eigenvalue weighted by Crippen LogP contribution is -2.23. The molecule has 1 N–H and O–H groups in total. The lowest BCUT2D eigenvalue weighted by Gasteiger charge is -2.12. The van der Waals surface area contributed by atoms with E-state index in [1.807, 2.05) is 31.2 Å². The number of nitrogens with zero attached hydrogens (tertiary/aromatic N) is 2. The second-order valence-electron chi connectivity index (χ2n) is 6.40. The summed E-state index contributed by atoms with van der Waals surface area (Å²) >= 11 is 0. The van der Waals surface area contributed by atoms with Crippen molar-refractivity contribution in [2.75, 3.05) is 26.0 Å². The van der Waals surface area contributed by atoms with Crippen LogP contribution in [0.1, 0.15) is 16.1 Å². The Morgan fingerprint density at radius 2 is 1.85 bits per heavy atom. The van der Waals surface area contributed by atoms with Gasteiger partial charge < -0.3 is 15.0 Å². The summed E-state index contributed by atoms with van der Waals surface area (Å²) in [7, 11) is 3.36. The molecule has 6 heteroatoms. The Morgan fingerprint density at radius 3 is 2.63 bits per heavy atom. The van der Waals surface area contributed by atoms with Crippen LogP contribution in [0.3, 0.4) is 0 Å². The highest BCUT2D eigenvalue weighted by Crippen LogP contribution is 2.24. The first-order chi connectivity index (χ1) is 12.9. The number of anilines is 1. The van der Waals surface area contributed by atoms with Crippen molar-refractivity contribution in [1.82, 2.24) is 9.88 Å². The van der Waals surface area contributed by atoms with Gasteiger partial charge in [-0.2, -0.15) is 0 Å². The number of hydrogen-bond donors (Lipinski definition) is 1. The van der Waals surface area contributed by atoms with E-state index < -0.39 is 0 Å². The molecule has 3 rings (SSSR count). The molecule has 1 heterocycles. The summed E-state index contributed by atoms with van der Waals surface area (Å²) in [4.78, 5) is 30.3. The minimum absolute atomic E-state index is 0.125. The summed E-state index contributed by atoms with van der Waals surface area (Å²) in [6.45, 7) is 1.76. The maximum Gasteiger partial charge on any atom is 0.262 e. The van der Waals surface area contributed by atoms with Crippen molar-refractivity contribution >= 4 is 28.4 Å². The molecule has 0 spiro atoms. The highest BCUT2D eigenvalue weighted by molar-refractivity contribution is 5.97. The van der Waals surface area contributed by atoms with E-state index in [0.29, 0.717) is 17.0 Å². The van der Waals surface area contributed by atoms with Crippen LogP contribution in [0.15, 0.2) is 54.6 Å². The average Bonchev–Trinajstić information content (AvgIpc) is 2.65. The number of para-hydroxylation sites is 1. The number of aromatic nitrogens is 1. The average molecular weight is 363 g/mol. The van der Waals surface area contributed by atoms with E-state index in [1.165, 1.54) is 4.90 Å². The minimum Gasteiger partial charge on any atom is -0.481 e. The van der Waals surface area contributed by atoms with E-state index in [0.717, 1.165) is 16.6 Å². The van der Waals surface area contributed by atoms with Crippen LogP contribution >= 0.6 is 0 Å². The molecule has 3 aromatic rings. The molecule has 2 aromatic carbocycles. The molecule has 2 amide bonds. The molecule has 1 aromatic heterocycles. The van der Waals surface area contributed by atoms with Gasteiger partial charge in [0.1, 0.15) is 11.3 Å². The van der Waals surface area contributed by atoms with Crippen molar-refractivity contribution in [3.8, 4) is 5.75 Å². The smallest absolute Gasteiger partial charge is 0.262 e. The largest absolute Gasteiger partial charge is 0.481 e. The molecule has 0 saturated heterocycles. The monoisotopic (exact) mass is 363 g/mol. The van der Waals surface area contributed by atoms with Crippen LogP contribution in [0.25, 0.3) is 10.9 Å². The Labute approximate surface area is 157 Å². The fraction of sp³-hybridized carbons (Fsp3) is 0.190. The topological polar surface area (TPSA) is 71.5 Å². The first-order valence-electron chi connectivity index (χ1n) is 8.55. The van der Waals surface area contributed by atoms with Crippen molar-refractivity contribution in [3.63, 3.8) is 0 Å². The third kappa shape index (κ3) is 4.41. The zero-order valence-electron chi connectivity index (χ0n) is 15.5. The number of amides is 2. The van der Waals surface area contributed by atoms with Crippen molar-refractivity contribution in [2.45, 2.75) is 6.92 Å². The second kappa shape index (κ2) is 7.86. The third-order valence-electron chi connectivity index (χ3n) is 3.98. The molecular formula is C21H21N3O3. The highest BCUT2D eigenvalue weighted by atomic mass is 16.5. The number of benzene rings is 2. The molecule has 0 saturated carbocycles. The van der Waals surface area contributed by atoms with Gasteiger partial charge in [0.05, 0.1) is 0 Å². The normalized spacial score (nSPS) is 10.5. The van der Waals surface area contributed by atoms with Crippen molar-refractivity contribution in [3.05, 3.63) is 65.9 Å². The molecule has 0 radical (unpaired) electrons. The lowest BCUT2D eigenvalue weighted by molar-refractivity contribution is -0.118. The molecule has 0 unspecified atom stereocenters. The van der Waals surface area contributed by atoms with E-state index in [-0.39, 0.29) is 18.4 Å². The van der Waals surface area contributed by atoms with E-state index in [1.54, 1.807) is 44.4 Å². The molecule has 0 atom stereocenters. The summed E-state index contributed by atoms with van der Waals surface area (Å²) in [6.07, 6.45) is 0. The lowest BCUT2D eigenvalue weighted by atomic mass is 10.2. The van der Waals surface area contributed by atoms with Crippen LogP contribution in [0.4, 0.5) is 5.69 Å². The summed E-state index contributed by atoms with van der Waals surface area (Å²) in [5.41, 5.74) is 2.66. The van der Waals surface area contributed by atoms with Crippen molar-refractivity contribution in [2.24, 2.45) is 0 Å². The molecule has 6 nitrogen and oxygen atoms in total. The second-order valence-corrected chi connectivity index (χ2v) is 6.40. The van der Waals surface area contributed by atoms with Gasteiger partial charge in [0.2, 0.25) is 0 Å². The molecule has 0 aliphatic rings. The number of aryl methyl sites for hydroxylation is 1. The molecule has 0 aliphatic carbocycles. The molecule has 0 bridgehead atoms. The van der Waals surface area contributed by atoms with Crippen LogP contribution in [0, 0.1) is 6.92 Å². The van der Waals surface area contributed by atoms with Gasteiger partial charge in [0.25, 0.3) is 11.8 Å². The fourth-order valence-electron chi connectivity index (χ4n) is 2.66. The first kappa shape index (κ1) is 18.4. The number of nitrogens with one attached hydrogen (secondary N) is 1. The van der Waals surface area contributed by atoms with Crippen LogP contribution in [-0.4, -0.2) is 42.4 Å². The number of carbonyl (C=O) groups excluding carboxylic acids is 2. The fourth-order valence-corrected chi connectivity index (χ4v) is 2.66. The maximum absolute atomic E-state index is 12.3. The highest BCUT2D eigenvalue weighted by Gasteiger charge is 2.11. The summed E-state index contributed by atoms with van der Waals surface area (Å²) in [6, 6.07) is 16.3. The van der Waals surface area contributed by atoms with Gasteiger partial charge in [-0.1, -0.05) is 24.3 Å². The number of pyridine rings is 1. The van der Waals surface area contributed by atoms with E-state index >= 15 is 0 Å². The summed E-state index contributed by atoms with van der Waals surface area (Å²) in [5, 5.41) is 3.70. The van der Waals surface area contributed by atoms with Gasteiger partial charge in [-0.25, -0.2) is 4.98 Å². The quantitative estimate of drug-likeness (QED) is 0.755. The Hall–Kier alpha value is -3.41. The maximum atomic E-state index is 12.3. The predicted octanol–water partition coefficient (Wildman–Crippen LogP) is 3.26. The molecule has 0 fully saturated rings. The Balaban J connectivity index is 1.68.